The van der Waals surface area contributed by atoms with E-state index in [1.54, 1.807) is 0 Å². The van der Waals surface area contributed by atoms with E-state index in [0.29, 0.717) is 12.3 Å². The molecule has 0 fully saturated rings. The van der Waals surface area contributed by atoms with Crippen molar-refractivity contribution in [2.24, 2.45) is 11.7 Å². The Balaban J connectivity index is -0.0000000904. The third kappa shape index (κ3) is 36.0. The summed E-state index contributed by atoms with van der Waals surface area (Å²) in [5, 5.41) is 8.31. The summed E-state index contributed by atoms with van der Waals surface area (Å²) in [6.07, 6.45) is 0.551. The van der Waals surface area contributed by atoms with Crippen LogP contribution in [0.15, 0.2) is 0 Å². The third-order valence-electron chi connectivity index (χ3n) is 1.04. The second-order valence-corrected chi connectivity index (χ2v) is 3.80. The quantitative estimate of drug-likeness (QED) is 0.299. The van der Waals surface area contributed by atoms with E-state index in [9.17, 15) is 4.79 Å². The average molecular weight is 305 g/mol. The van der Waals surface area contributed by atoms with Crippen LogP contribution in [0, 0.1) is 5.92 Å². The van der Waals surface area contributed by atoms with Crippen molar-refractivity contribution >= 4 is 16.4 Å². The van der Waals surface area contributed by atoms with Gasteiger partial charge in [0.05, 0.1) is 0 Å². The number of nitrogens with two attached hydrogens (primary N) is 1. The number of hydrogen-bond donors (Lipinski definition) is 2. The summed E-state index contributed by atoms with van der Waals surface area (Å²) in [6, 6.07) is -0.690. The molecule has 0 unspecified atom stereocenters. The molecule has 0 aromatic rings. The van der Waals surface area contributed by atoms with Crippen molar-refractivity contribution in [1.29, 1.82) is 0 Å². The zero-order valence-corrected chi connectivity index (χ0v) is 16.9. The van der Waals surface area contributed by atoms with Crippen LogP contribution in [-0.4, -0.2) is 34.6 Å². The molecule has 10 heteroatoms. The first-order valence-electron chi connectivity index (χ1n) is 3.69. The van der Waals surface area contributed by atoms with Gasteiger partial charge in [0, 0.05) is 10.4 Å². The van der Waals surface area contributed by atoms with Crippen molar-refractivity contribution in [2.45, 2.75) is 26.3 Å². The van der Waals surface area contributed by atoms with Crippen LogP contribution in [0.3, 0.4) is 0 Å². The van der Waals surface area contributed by atoms with Crippen molar-refractivity contribution in [3.8, 4) is 0 Å². The van der Waals surface area contributed by atoms with Crippen molar-refractivity contribution in [2.75, 3.05) is 0 Å². The Labute approximate surface area is 180 Å². The average Bonchev–Trinajstić information content (AvgIpc) is 1.80. The normalized spacial score (nSPS) is 11.4. The molecule has 0 spiro atoms. The Kier molecular flexibility index (Phi) is 23.6. The standard InChI is InChI=1S/C6H13NO2.2K.H2O4S/c1-4(2)3-5(7)6(8)9;;;1-5(2,3)4/h4-5H,3,7H2,1-2H3,(H,8,9);;;(H2,1,2,3,4)/q;2*+1;/p-2/t5-;;;/m0.../s1. The van der Waals surface area contributed by atoms with Gasteiger partial charge in [-0.25, -0.2) is 0 Å². The molecule has 0 saturated carbocycles. The molecule has 7 nitrogen and oxygen atoms in total. The van der Waals surface area contributed by atoms with Crippen molar-refractivity contribution in [1.82, 2.24) is 0 Å². The Morgan fingerprint density at radius 2 is 1.56 bits per heavy atom. The van der Waals surface area contributed by atoms with E-state index in [1.165, 1.54) is 0 Å². The van der Waals surface area contributed by atoms with Gasteiger partial charge >= 0.3 is 109 Å². The topological polar surface area (TPSA) is 144 Å². The summed E-state index contributed by atoms with van der Waals surface area (Å²) in [4.78, 5) is 10.1. The molecule has 0 aliphatic rings. The number of aliphatic carboxylic acids is 1. The molecule has 0 aliphatic heterocycles. The zero-order chi connectivity index (χ0) is 11.9. The van der Waals surface area contributed by atoms with Crippen molar-refractivity contribution < 1.29 is 130 Å². The van der Waals surface area contributed by atoms with E-state index < -0.39 is 22.4 Å². The first-order valence-corrected chi connectivity index (χ1v) is 5.02. The molecule has 0 saturated heterocycles. The third-order valence-corrected chi connectivity index (χ3v) is 1.04. The maximum Gasteiger partial charge on any atom is 1.00 e. The monoisotopic (exact) mass is 305 g/mol. The van der Waals surface area contributed by atoms with Gasteiger partial charge in [-0.05, 0) is 12.3 Å². The molecule has 86 valence electrons. The summed E-state index contributed by atoms with van der Waals surface area (Å²) in [5.74, 6) is -0.556. The molecular weight excluding hydrogens is 292 g/mol. The van der Waals surface area contributed by atoms with Gasteiger partial charge in [0.1, 0.15) is 6.04 Å². The maximum absolute atomic E-state index is 10.1. The van der Waals surface area contributed by atoms with E-state index in [2.05, 4.69) is 0 Å². The van der Waals surface area contributed by atoms with Crippen LogP contribution in [0.5, 0.6) is 0 Å². The van der Waals surface area contributed by atoms with Crippen LogP contribution in [0.4, 0.5) is 0 Å². The first kappa shape index (κ1) is 27.0. The van der Waals surface area contributed by atoms with Gasteiger partial charge in [0.2, 0.25) is 0 Å². The van der Waals surface area contributed by atoms with E-state index in [-0.39, 0.29) is 103 Å². The minimum absolute atomic E-state index is 0. The van der Waals surface area contributed by atoms with Gasteiger partial charge in [-0.1, -0.05) is 13.8 Å². The molecular formula is C6H13K2NO6S. The van der Waals surface area contributed by atoms with Crippen LogP contribution in [0.1, 0.15) is 20.3 Å². The van der Waals surface area contributed by atoms with E-state index in [4.69, 9.17) is 28.4 Å². The second kappa shape index (κ2) is 14.0. The number of hydrogen-bond acceptors (Lipinski definition) is 6. The van der Waals surface area contributed by atoms with Crippen molar-refractivity contribution in [3.05, 3.63) is 0 Å². The minimum atomic E-state index is -5.17. The van der Waals surface area contributed by atoms with E-state index in [1.807, 2.05) is 13.8 Å². The first-order chi connectivity index (χ1) is 6.04. The molecule has 0 rings (SSSR count). The summed E-state index contributed by atoms with van der Waals surface area (Å²) < 4.78 is 34.1. The predicted molar refractivity (Wildman–Crippen MR) is 45.5 cm³/mol. The Hall–Kier alpha value is 2.57. The summed E-state index contributed by atoms with van der Waals surface area (Å²) >= 11 is 0. The number of rotatable bonds is 3. The molecule has 0 aromatic carbocycles. The zero-order valence-electron chi connectivity index (χ0n) is 9.84. The summed E-state index contributed by atoms with van der Waals surface area (Å²) in [7, 11) is -5.17. The number of carboxylic acids is 1. The number of carbonyl (C=O) groups is 1. The van der Waals surface area contributed by atoms with Gasteiger partial charge in [0.15, 0.2) is 0 Å². The minimum Gasteiger partial charge on any atom is -0.759 e. The van der Waals surface area contributed by atoms with Crippen LogP contribution in [0.25, 0.3) is 0 Å². The molecule has 3 N–H and O–H groups in total. The van der Waals surface area contributed by atoms with Crippen LogP contribution in [-0.2, 0) is 15.2 Å². The summed E-state index contributed by atoms with van der Waals surface area (Å²) in [5.41, 5.74) is 5.22. The molecule has 0 heterocycles. The Bertz CT molecular complexity index is 260. The fourth-order valence-electron chi connectivity index (χ4n) is 0.609. The fourth-order valence-corrected chi connectivity index (χ4v) is 0.609. The summed E-state index contributed by atoms with van der Waals surface area (Å²) in [6.45, 7) is 3.89. The molecule has 16 heavy (non-hydrogen) atoms. The SMILES string of the molecule is CC(C)C[C@H](N)C(=O)O.O=S(=O)([O-])[O-].[K+].[K+]. The van der Waals surface area contributed by atoms with Gasteiger partial charge in [-0.3, -0.25) is 13.2 Å². The van der Waals surface area contributed by atoms with E-state index in [0.717, 1.165) is 0 Å². The van der Waals surface area contributed by atoms with Gasteiger partial charge < -0.3 is 19.9 Å². The van der Waals surface area contributed by atoms with E-state index >= 15 is 0 Å². The molecule has 0 aliphatic carbocycles. The van der Waals surface area contributed by atoms with Crippen LogP contribution < -0.4 is 109 Å². The molecule has 0 amide bonds. The maximum atomic E-state index is 10.1. The second-order valence-electron chi connectivity index (χ2n) is 2.98. The molecule has 1 atom stereocenters. The fraction of sp³-hybridized carbons (Fsp3) is 0.833. The predicted octanol–water partition coefficient (Wildman–Crippen LogP) is -6.89. The van der Waals surface area contributed by atoms with Gasteiger partial charge in [-0.2, -0.15) is 0 Å². The van der Waals surface area contributed by atoms with Gasteiger partial charge in [-0.15, -0.1) is 0 Å². The number of carboxylic acid groups (broad SMARTS) is 1. The Morgan fingerprint density at radius 1 is 1.31 bits per heavy atom. The smallest absolute Gasteiger partial charge is 0.759 e. The van der Waals surface area contributed by atoms with Crippen LogP contribution >= 0.6 is 0 Å². The largest absolute Gasteiger partial charge is 1.00 e. The molecule has 0 bridgehead atoms. The molecule has 0 aromatic heterocycles. The van der Waals surface area contributed by atoms with Crippen LogP contribution in [0.2, 0.25) is 0 Å². The Morgan fingerprint density at radius 3 is 1.62 bits per heavy atom. The van der Waals surface area contributed by atoms with Crippen molar-refractivity contribution in [3.63, 3.8) is 0 Å². The van der Waals surface area contributed by atoms with Gasteiger partial charge in [0.25, 0.3) is 0 Å². The molecule has 0 radical (unpaired) electrons.